The van der Waals surface area contributed by atoms with Gasteiger partial charge in [-0.2, -0.15) is 0 Å². The molecule has 0 radical (unpaired) electrons. The Labute approximate surface area is 187 Å². The molecule has 0 unspecified atom stereocenters. The summed E-state index contributed by atoms with van der Waals surface area (Å²) in [7, 11) is 0. The van der Waals surface area contributed by atoms with Crippen LogP contribution in [0, 0.1) is 0 Å². The number of thiophene rings is 1. The van der Waals surface area contributed by atoms with Crippen molar-refractivity contribution < 1.29 is 38.8 Å². The first-order valence-electron chi connectivity index (χ1n) is 9.02. The van der Waals surface area contributed by atoms with Crippen molar-refractivity contribution in [1.82, 2.24) is 0 Å². The summed E-state index contributed by atoms with van der Waals surface area (Å²) in [4.78, 5) is 4.43. The molecule has 0 aliphatic rings. The van der Waals surface area contributed by atoms with E-state index in [1.807, 2.05) is 23.1 Å². The third-order valence-corrected chi connectivity index (χ3v) is 5.56. The van der Waals surface area contributed by atoms with Crippen LogP contribution in [0.25, 0.3) is 20.9 Å². The molecule has 2 aromatic heterocycles. The van der Waals surface area contributed by atoms with Gasteiger partial charge in [-0.15, -0.1) is 11.3 Å². The van der Waals surface area contributed by atoms with Gasteiger partial charge in [0, 0.05) is 46.2 Å². The van der Waals surface area contributed by atoms with E-state index in [0.29, 0.717) is 13.1 Å². The Morgan fingerprint density at radius 1 is 0.857 bits per heavy atom. The standard InChI is InChI=1S/C22H25N2O2S.HI/c1-2-11-23-12-9-19(10-13-23)22-8-7-21(27-22)18-3-5-20(6-4-18)24(14-16-25)15-17-26;/h2-10,12-13,25-26H,1,11,14-17H2;1H/q+1;/p-1. The fourth-order valence-corrected chi connectivity index (χ4v) is 4.01. The van der Waals surface area contributed by atoms with Crippen LogP contribution in [0.4, 0.5) is 5.69 Å². The van der Waals surface area contributed by atoms with Gasteiger partial charge in [0.05, 0.1) is 13.2 Å². The molecule has 0 saturated carbocycles. The number of aliphatic hydroxyl groups is 2. The summed E-state index contributed by atoms with van der Waals surface area (Å²) in [5, 5.41) is 18.4. The van der Waals surface area contributed by atoms with E-state index in [1.54, 1.807) is 11.3 Å². The third kappa shape index (κ3) is 5.64. The first-order chi connectivity index (χ1) is 13.2. The second-order valence-electron chi connectivity index (χ2n) is 6.22. The summed E-state index contributed by atoms with van der Waals surface area (Å²) >= 11 is 1.77. The van der Waals surface area contributed by atoms with E-state index < -0.39 is 0 Å². The summed E-state index contributed by atoms with van der Waals surface area (Å²) in [5.41, 5.74) is 3.38. The molecule has 0 bridgehead atoms. The minimum atomic E-state index is 0. The minimum absolute atomic E-state index is 0. The van der Waals surface area contributed by atoms with E-state index in [1.165, 1.54) is 20.9 Å². The first kappa shape index (κ1) is 22.5. The Morgan fingerprint density at radius 2 is 1.39 bits per heavy atom. The van der Waals surface area contributed by atoms with Crippen LogP contribution < -0.4 is 33.4 Å². The lowest BCUT2D eigenvalue weighted by Gasteiger charge is -2.23. The number of rotatable bonds is 9. The summed E-state index contributed by atoms with van der Waals surface area (Å²) < 4.78 is 2.09. The average Bonchev–Trinajstić information content (AvgIpc) is 3.19. The maximum atomic E-state index is 9.19. The maximum absolute atomic E-state index is 9.19. The zero-order valence-electron chi connectivity index (χ0n) is 15.7. The second kappa shape index (κ2) is 11.3. The molecule has 4 nitrogen and oxygen atoms in total. The topological polar surface area (TPSA) is 47.6 Å². The van der Waals surface area contributed by atoms with Gasteiger partial charge < -0.3 is 39.1 Å². The van der Waals surface area contributed by atoms with Crippen LogP contribution in [0.15, 0.2) is 73.6 Å². The molecule has 0 aliphatic heterocycles. The Morgan fingerprint density at radius 3 is 1.89 bits per heavy atom. The third-order valence-electron chi connectivity index (χ3n) is 4.38. The lowest BCUT2D eigenvalue weighted by molar-refractivity contribution is -0.686. The zero-order valence-corrected chi connectivity index (χ0v) is 18.6. The van der Waals surface area contributed by atoms with E-state index in [4.69, 9.17) is 0 Å². The molecule has 0 spiro atoms. The number of aromatic nitrogens is 1. The molecule has 2 heterocycles. The molecule has 148 valence electrons. The SMILES string of the molecule is C=CC[n+]1ccc(-c2ccc(-c3ccc(N(CCO)CCO)cc3)s2)cc1.[I-]. The highest BCUT2D eigenvalue weighted by atomic mass is 127. The van der Waals surface area contributed by atoms with Crippen LogP contribution in [0.3, 0.4) is 0 Å². The van der Waals surface area contributed by atoms with Crippen LogP contribution in [0.2, 0.25) is 0 Å². The van der Waals surface area contributed by atoms with Crippen molar-refractivity contribution in [1.29, 1.82) is 0 Å². The molecular formula is C22H25IN2O2S. The molecule has 0 saturated heterocycles. The van der Waals surface area contributed by atoms with Gasteiger partial charge in [0.15, 0.2) is 18.9 Å². The van der Waals surface area contributed by atoms with Gasteiger partial charge in [-0.3, -0.25) is 0 Å². The lowest BCUT2D eigenvalue weighted by atomic mass is 10.1. The summed E-state index contributed by atoms with van der Waals surface area (Å²) in [6.45, 7) is 5.75. The number of nitrogens with zero attached hydrogens (tertiary/aromatic N) is 2. The first-order valence-corrected chi connectivity index (χ1v) is 9.84. The molecule has 6 heteroatoms. The Kier molecular flexibility index (Phi) is 9.11. The monoisotopic (exact) mass is 508 g/mol. The van der Waals surface area contributed by atoms with Crippen molar-refractivity contribution in [2.24, 2.45) is 0 Å². The summed E-state index contributed by atoms with van der Waals surface area (Å²) in [5.74, 6) is 0. The predicted molar refractivity (Wildman–Crippen MR) is 112 cm³/mol. The molecule has 28 heavy (non-hydrogen) atoms. The number of benzene rings is 1. The highest BCUT2D eigenvalue weighted by Gasteiger charge is 2.09. The predicted octanol–water partition coefficient (Wildman–Crippen LogP) is 0.351. The van der Waals surface area contributed by atoms with Gasteiger partial charge in [-0.1, -0.05) is 18.7 Å². The van der Waals surface area contributed by atoms with Crippen LogP contribution in [-0.4, -0.2) is 36.5 Å². The fraction of sp³-hybridized carbons (Fsp3) is 0.227. The molecule has 3 rings (SSSR count). The van der Waals surface area contributed by atoms with Crippen LogP contribution >= 0.6 is 11.3 Å². The van der Waals surface area contributed by atoms with Crippen molar-refractivity contribution in [2.75, 3.05) is 31.2 Å². The number of allylic oxidation sites excluding steroid dienone is 1. The number of hydrogen-bond acceptors (Lipinski definition) is 4. The van der Waals surface area contributed by atoms with Gasteiger partial charge >= 0.3 is 0 Å². The van der Waals surface area contributed by atoms with Gasteiger partial charge in [0.1, 0.15) is 0 Å². The molecular weight excluding hydrogens is 483 g/mol. The number of halogens is 1. The summed E-state index contributed by atoms with van der Waals surface area (Å²) in [6, 6.07) is 16.8. The Bertz CT molecular complexity index is 857. The van der Waals surface area contributed by atoms with E-state index in [2.05, 4.69) is 59.9 Å². The van der Waals surface area contributed by atoms with Crippen molar-refractivity contribution in [3.8, 4) is 20.9 Å². The van der Waals surface area contributed by atoms with Gasteiger partial charge in [0.2, 0.25) is 0 Å². The highest BCUT2D eigenvalue weighted by Crippen LogP contribution is 2.34. The molecule has 0 amide bonds. The lowest BCUT2D eigenvalue weighted by Crippen LogP contribution is -3.00. The normalized spacial score (nSPS) is 10.4. The van der Waals surface area contributed by atoms with E-state index in [9.17, 15) is 10.2 Å². The van der Waals surface area contributed by atoms with E-state index >= 15 is 0 Å². The fourth-order valence-electron chi connectivity index (χ4n) is 2.99. The van der Waals surface area contributed by atoms with E-state index in [0.717, 1.165) is 12.2 Å². The van der Waals surface area contributed by atoms with Crippen molar-refractivity contribution >= 4 is 17.0 Å². The molecule has 2 N–H and O–H groups in total. The van der Waals surface area contributed by atoms with Crippen molar-refractivity contribution in [3.05, 3.63) is 73.6 Å². The van der Waals surface area contributed by atoms with Crippen LogP contribution in [-0.2, 0) is 6.54 Å². The molecule has 0 fully saturated rings. The Balaban J connectivity index is 0.00000280. The van der Waals surface area contributed by atoms with Gasteiger partial charge in [-0.05, 0) is 35.9 Å². The number of anilines is 1. The van der Waals surface area contributed by atoms with Crippen molar-refractivity contribution in [2.45, 2.75) is 6.54 Å². The van der Waals surface area contributed by atoms with E-state index in [-0.39, 0.29) is 37.2 Å². The largest absolute Gasteiger partial charge is 1.00 e. The molecule has 3 aromatic rings. The van der Waals surface area contributed by atoms with Gasteiger partial charge in [0.25, 0.3) is 0 Å². The Hall–Kier alpha value is -1.74. The second-order valence-corrected chi connectivity index (χ2v) is 7.30. The number of hydrogen-bond donors (Lipinski definition) is 2. The number of pyridine rings is 1. The number of aliphatic hydroxyl groups excluding tert-OH is 2. The maximum Gasteiger partial charge on any atom is 0.169 e. The van der Waals surface area contributed by atoms with Crippen LogP contribution in [0.1, 0.15) is 0 Å². The van der Waals surface area contributed by atoms with Crippen molar-refractivity contribution in [3.63, 3.8) is 0 Å². The van der Waals surface area contributed by atoms with Gasteiger partial charge in [-0.25, -0.2) is 4.57 Å². The zero-order chi connectivity index (χ0) is 19.1. The molecule has 1 aromatic carbocycles. The molecule has 0 atom stereocenters. The molecule has 0 aliphatic carbocycles. The van der Waals surface area contributed by atoms with Crippen LogP contribution in [0.5, 0.6) is 0 Å². The quantitative estimate of drug-likeness (QED) is 0.249. The average molecular weight is 508 g/mol. The highest BCUT2D eigenvalue weighted by molar-refractivity contribution is 7.18. The minimum Gasteiger partial charge on any atom is -1.00 e. The summed E-state index contributed by atoms with van der Waals surface area (Å²) in [6.07, 6.45) is 6.03. The smallest absolute Gasteiger partial charge is 0.169 e.